The number of phenols is 1. The van der Waals surface area contributed by atoms with E-state index in [4.69, 9.17) is 5.73 Å². The second kappa shape index (κ2) is 4.64. The monoisotopic (exact) mass is 209 g/mol. The molecule has 4 N–H and O–H groups in total. The number of hydrogen-bond acceptors (Lipinski definition) is 3. The molecule has 0 radical (unpaired) electrons. The molecule has 0 aliphatic heterocycles. The molecular weight excluding hydrogens is 190 g/mol. The van der Waals surface area contributed by atoms with Crippen LogP contribution in [0.2, 0.25) is 0 Å². The molecule has 1 unspecified atom stereocenters. The molecule has 84 valence electrons. The number of aromatic hydroxyl groups is 1. The number of nitrogens with two attached hydrogens (primary N) is 1. The maximum atomic E-state index is 9.68. The van der Waals surface area contributed by atoms with E-state index >= 15 is 0 Å². The van der Waals surface area contributed by atoms with Crippen molar-refractivity contribution >= 4 is 0 Å². The van der Waals surface area contributed by atoms with Crippen molar-refractivity contribution in [3.63, 3.8) is 0 Å². The molecule has 0 bridgehead atoms. The highest BCUT2D eigenvalue weighted by molar-refractivity contribution is 5.43. The summed E-state index contributed by atoms with van der Waals surface area (Å²) in [6, 6.07) is 3.52. The first kappa shape index (κ1) is 12.0. The molecular formula is C12H19NO2. The quantitative estimate of drug-likeness (QED) is 0.711. The lowest BCUT2D eigenvalue weighted by Crippen LogP contribution is -2.12. The average Bonchev–Trinajstić information content (AvgIpc) is 2.16. The lowest BCUT2D eigenvalue weighted by molar-refractivity contribution is 0.182. The Morgan fingerprint density at radius 1 is 1.27 bits per heavy atom. The second-order valence-corrected chi connectivity index (χ2v) is 4.17. The molecule has 3 heteroatoms. The van der Waals surface area contributed by atoms with Crippen LogP contribution in [0, 0.1) is 6.92 Å². The minimum atomic E-state index is -0.789. The zero-order chi connectivity index (χ0) is 11.6. The van der Waals surface area contributed by atoms with E-state index in [1.165, 1.54) is 0 Å². The van der Waals surface area contributed by atoms with Crippen molar-refractivity contribution in [3.8, 4) is 5.75 Å². The van der Waals surface area contributed by atoms with Crippen molar-refractivity contribution in [1.29, 1.82) is 0 Å². The molecule has 0 aromatic heterocycles. The number of aliphatic hydroxyl groups excluding tert-OH is 1. The van der Waals surface area contributed by atoms with Gasteiger partial charge in [0.15, 0.2) is 0 Å². The number of hydrogen-bond donors (Lipinski definition) is 3. The SMILES string of the molecule is Cc1cc(O)c(C(O)CN)cc1C(C)C. The Bertz CT molecular complexity index is 348. The molecule has 0 spiro atoms. The van der Waals surface area contributed by atoms with E-state index in [9.17, 15) is 10.2 Å². The summed E-state index contributed by atoms with van der Waals surface area (Å²) in [6.45, 7) is 6.23. The molecule has 15 heavy (non-hydrogen) atoms. The molecule has 0 saturated heterocycles. The fourth-order valence-corrected chi connectivity index (χ4v) is 1.74. The first-order valence-corrected chi connectivity index (χ1v) is 5.19. The molecule has 0 saturated carbocycles. The molecule has 1 aromatic carbocycles. The van der Waals surface area contributed by atoms with Gasteiger partial charge < -0.3 is 15.9 Å². The standard InChI is InChI=1S/C12H19NO2/c1-7(2)9-5-10(12(15)6-13)11(14)4-8(9)3/h4-5,7,12,14-15H,6,13H2,1-3H3. The summed E-state index contributed by atoms with van der Waals surface area (Å²) in [7, 11) is 0. The van der Waals surface area contributed by atoms with Crippen LogP contribution in [-0.4, -0.2) is 16.8 Å². The Hall–Kier alpha value is -1.06. The Kier molecular flexibility index (Phi) is 3.72. The minimum absolute atomic E-state index is 0.119. The summed E-state index contributed by atoms with van der Waals surface area (Å²) >= 11 is 0. The molecule has 1 rings (SSSR count). The topological polar surface area (TPSA) is 66.5 Å². The van der Waals surface area contributed by atoms with Gasteiger partial charge in [0.05, 0.1) is 6.10 Å². The smallest absolute Gasteiger partial charge is 0.121 e. The largest absolute Gasteiger partial charge is 0.508 e. The molecule has 1 aromatic rings. The van der Waals surface area contributed by atoms with E-state index in [1.54, 1.807) is 6.07 Å². The summed E-state index contributed by atoms with van der Waals surface area (Å²) in [6.07, 6.45) is -0.789. The van der Waals surface area contributed by atoms with Crippen LogP contribution in [0.1, 0.15) is 42.6 Å². The zero-order valence-electron chi connectivity index (χ0n) is 9.49. The molecule has 0 aliphatic rings. The van der Waals surface area contributed by atoms with Crippen molar-refractivity contribution in [3.05, 3.63) is 28.8 Å². The number of benzene rings is 1. The molecule has 3 nitrogen and oxygen atoms in total. The lowest BCUT2D eigenvalue weighted by atomic mass is 9.93. The van der Waals surface area contributed by atoms with Gasteiger partial charge in [-0.05, 0) is 36.1 Å². The van der Waals surface area contributed by atoms with E-state index in [1.807, 2.05) is 13.0 Å². The number of aryl methyl sites for hydroxylation is 1. The van der Waals surface area contributed by atoms with Gasteiger partial charge in [0, 0.05) is 12.1 Å². The fourth-order valence-electron chi connectivity index (χ4n) is 1.74. The third kappa shape index (κ3) is 2.49. The molecule has 0 amide bonds. The van der Waals surface area contributed by atoms with Gasteiger partial charge >= 0.3 is 0 Å². The number of rotatable bonds is 3. The summed E-state index contributed by atoms with van der Waals surface area (Å²) in [5.41, 5.74) is 8.07. The van der Waals surface area contributed by atoms with E-state index in [2.05, 4.69) is 13.8 Å². The third-order valence-electron chi connectivity index (χ3n) is 2.62. The van der Waals surface area contributed by atoms with E-state index in [0.29, 0.717) is 11.5 Å². The summed E-state index contributed by atoms with van der Waals surface area (Å²) < 4.78 is 0. The van der Waals surface area contributed by atoms with Crippen LogP contribution in [0.3, 0.4) is 0 Å². The van der Waals surface area contributed by atoms with Crippen molar-refractivity contribution in [1.82, 2.24) is 0 Å². The molecule has 0 fully saturated rings. The Labute approximate surface area is 90.5 Å². The second-order valence-electron chi connectivity index (χ2n) is 4.17. The number of aliphatic hydroxyl groups is 1. The van der Waals surface area contributed by atoms with Gasteiger partial charge in [0.1, 0.15) is 5.75 Å². The highest BCUT2D eigenvalue weighted by Gasteiger charge is 2.14. The molecule has 1 atom stereocenters. The predicted molar refractivity (Wildman–Crippen MR) is 60.9 cm³/mol. The van der Waals surface area contributed by atoms with Crippen LogP contribution >= 0.6 is 0 Å². The Morgan fingerprint density at radius 2 is 1.87 bits per heavy atom. The fraction of sp³-hybridized carbons (Fsp3) is 0.500. The summed E-state index contributed by atoms with van der Waals surface area (Å²) in [4.78, 5) is 0. The van der Waals surface area contributed by atoms with Crippen LogP contribution in [0.5, 0.6) is 5.75 Å². The van der Waals surface area contributed by atoms with Gasteiger partial charge in [0.25, 0.3) is 0 Å². The average molecular weight is 209 g/mol. The first-order chi connectivity index (χ1) is 6.97. The van der Waals surface area contributed by atoms with Gasteiger partial charge in [-0.25, -0.2) is 0 Å². The van der Waals surface area contributed by atoms with Crippen molar-refractivity contribution < 1.29 is 10.2 Å². The highest BCUT2D eigenvalue weighted by atomic mass is 16.3. The van der Waals surface area contributed by atoms with Gasteiger partial charge in [0.2, 0.25) is 0 Å². The highest BCUT2D eigenvalue weighted by Crippen LogP contribution is 2.30. The van der Waals surface area contributed by atoms with Crippen LogP contribution in [-0.2, 0) is 0 Å². The van der Waals surface area contributed by atoms with Crippen LogP contribution in [0.25, 0.3) is 0 Å². The minimum Gasteiger partial charge on any atom is -0.508 e. The van der Waals surface area contributed by atoms with Gasteiger partial charge in [-0.1, -0.05) is 13.8 Å². The summed E-state index contributed by atoms with van der Waals surface area (Å²) in [5, 5.41) is 19.3. The zero-order valence-corrected chi connectivity index (χ0v) is 9.49. The Morgan fingerprint density at radius 3 is 2.33 bits per heavy atom. The van der Waals surface area contributed by atoms with E-state index in [0.717, 1.165) is 11.1 Å². The lowest BCUT2D eigenvalue weighted by Gasteiger charge is -2.16. The third-order valence-corrected chi connectivity index (χ3v) is 2.62. The maximum Gasteiger partial charge on any atom is 0.121 e. The van der Waals surface area contributed by atoms with Gasteiger partial charge in [-0.15, -0.1) is 0 Å². The Balaban J connectivity index is 3.23. The van der Waals surface area contributed by atoms with Crippen LogP contribution in [0.4, 0.5) is 0 Å². The van der Waals surface area contributed by atoms with Crippen molar-refractivity contribution in [2.24, 2.45) is 5.73 Å². The van der Waals surface area contributed by atoms with Crippen molar-refractivity contribution in [2.45, 2.75) is 32.8 Å². The molecule has 0 heterocycles. The summed E-state index contributed by atoms with van der Waals surface area (Å²) in [5.74, 6) is 0.490. The van der Waals surface area contributed by atoms with E-state index < -0.39 is 6.10 Å². The van der Waals surface area contributed by atoms with Crippen LogP contribution < -0.4 is 5.73 Å². The van der Waals surface area contributed by atoms with Gasteiger partial charge in [-0.3, -0.25) is 0 Å². The van der Waals surface area contributed by atoms with E-state index in [-0.39, 0.29) is 12.3 Å². The maximum absolute atomic E-state index is 9.68. The normalized spacial score (nSPS) is 13.2. The first-order valence-electron chi connectivity index (χ1n) is 5.19. The molecule has 0 aliphatic carbocycles. The predicted octanol–water partition coefficient (Wildman–Crippen LogP) is 1.82. The number of phenolic OH excluding ortho intramolecular Hbond substituents is 1. The van der Waals surface area contributed by atoms with Crippen LogP contribution in [0.15, 0.2) is 12.1 Å². The van der Waals surface area contributed by atoms with Gasteiger partial charge in [-0.2, -0.15) is 0 Å². The van der Waals surface area contributed by atoms with Crippen molar-refractivity contribution in [2.75, 3.05) is 6.54 Å².